The normalized spacial score (nSPS) is 11.8. The van der Waals surface area contributed by atoms with Crippen LogP contribution in [0.5, 0.6) is 0 Å². The van der Waals surface area contributed by atoms with E-state index in [4.69, 9.17) is 4.42 Å². The number of para-hydroxylation sites is 1. The second-order valence-electron chi connectivity index (χ2n) is 4.02. The second-order valence-corrected chi connectivity index (χ2v) is 4.02. The van der Waals surface area contributed by atoms with Gasteiger partial charge in [0.1, 0.15) is 5.58 Å². The van der Waals surface area contributed by atoms with Crippen molar-refractivity contribution in [2.45, 2.75) is 6.92 Å². The molecule has 1 aromatic heterocycles. The second kappa shape index (κ2) is 4.41. The van der Waals surface area contributed by atoms with E-state index >= 15 is 0 Å². The molecule has 0 spiro atoms. The van der Waals surface area contributed by atoms with E-state index in [0.29, 0.717) is 16.9 Å². The minimum absolute atomic E-state index is 0.355. The van der Waals surface area contributed by atoms with Crippen LogP contribution >= 0.6 is 0 Å². The Morgan fingerprint density at radius 2 is 2.00 bits per heavy atom. The molecule has 0 N–H and O–H groups in total. The van der Waals surface area contributed by atoms with Crippen molar-refractivity contribution in [1.82, 2.24) is 5.01 Å². The summed E-state index contributed by atoms with van der Waals surface area (Å²) in [6.45, 7) is 1.79. The van der Waals surface area contributed by atoms with Gasteiger partial charge < -0.3 is 9.43 Å². The zero-order valence-electron chi connectivity index (χ0n) is 10.1. The van der Waals surface area contributed by atoms with Crippen molar-refractivity contribution in [3.8, 4) is 0 Å². The van der Waals surface area contributed by atoms with Gasteiger partial charge in [0.05, 0.1) is 11.3 Å². The Morgan fingerprint density at radius 3 is 2.71 bits per heavy atom. The molecule has 2 rings (SSSR count). The summed E-state index contributed by atoms with van der Waals surface area (Å²) >= 11 is 0. The predicted octanol–water partition coefficient (Wildman–Crippen LogP) is 2.08. The Kier molecular flexibility index (Phi) is 2.95. The highest BCUT2D eigenvalue weighted by Gasteiger charge is 2.08. The summed E-state index contributed by atoms with van der Waals surface area (Å²) < 4.78 is 5.24. The maximum absolute atomic E-state index is 11.8. The van der Waals surface area contributed by atoms with Crippen molar-refractivity contribution in [3.05, 3.63) is 46.3 Å². The Labute approximate surface area is 99.2 Å². The first-order valence-electron chi connectivity index (χ1n) is 5.34. The average Bonchev–Trinajstić information content (AvgIpc) is 2.27. The van der Waals surface area contributed by atoms with E-state index in [0.717, 1.165) is 5.39 Å². The molecule has 4 heteroatoms. The Hall–Kier alpha value is -2.10. The molecule has 0 aliphatic heterocycles. The molecule has 4 nitrogen and oxygen atoms in total. The summed E-state index contributed by atoms with van der Waals surface area (Å²) in [5.41, 5.74) is 1.39. The molecule has 1 heterocycles. The Bertz CT molecular complexity index is 627. The fourth-order valence-corrected chi connectivity index (χ4v) is 1.67. The van der Waals surface area contributed by atoms with Crippen LogP contribution < -0.4 is 5.63 Å². The van der Waals surface area contributed by atoms with Crippen molar-refractivity contribution in [2.75, 3.05) is 14.1 Å². The maximum Gasteiger partial charge on any atom is 0.345 e. The molecule has 0 fully saturated rings. The van der Waals surface area contributed by atoms with Gasteiger partial charge in [-0.3, -0.25) is 0 Å². The smallest absolute Gasteiger partial charge is 0.345 e. The Morgan fingerprint density at radius 1 is 1.29 bits per heavy atom. The maximum atomic E-state index is 11.8. The van der Waals surface area contributed by atoms with Crippen LogP contribution in [0.1, 0.15) is 12.5 Å². The van der Waals surface area contributed by atoms with E-state index in [1.54, 1.807) is 18.0 Å². The summed E-state index contributed by atoms with van der Waals surface area (Å²) in [6, 6.07) is 9.24. The van der Waals surface area contributed by atoms with Gasteiger partial charge in [-0.05, 0) is 19.1 Å². The number of fused-ring (bicyclic) bond motifs is 1. The van der Waals surface area contributed by atoms with Crippen molar-refractivity contribution in [2.24, 2.45) is 5.10 Å². The molecule has 0 aliphatic rings. The monoisotopic (exact) mass is 230 g/mol. The zero-order chi connectivity index (χ0) is 12.4. The van der Waals surface area contributed by atoms with Crippen LogP contribution in [-0.4, -0.2) is 24.8 Å². The fraction of sp³-hybridized carbons (Fsp3) is 0.231. The molecule has 88 valence electrons. The minimum Gasteiger partial charge on any atom is -0.422 e. The molecular formula is C13H14N2O2. The third-order valence-corrected chi connectivity index (χ3v) is 2.38. The number of rotatable bonds is 2. The van der Waals surface area contributed by atoms with Gasteiger partial charge in [0, 0.05) is 19.5 Å². The quantitative estimate of drug-likeness (QED) is 0.451. The van der Waals surface area contributed by atoms with Crippen LogP contribution in [-0.2, 0) is 0 Å². The topological polar surface area (TPSA) is 45.8 Å². The summed E-state index contributed by atoms with van der Waals surface area (Å²) in [7, 11) is 3.62. The first-order valence-corrected chi connectivity index (χ1v) is 5.34. The molecule has 0 atom stereocenters. The number of hydrogen-bond acceptors (Lipinski definition) is 4. The van der Waals surface area contributed by atoms with Crippen LogP contribution in [0.2, 0.25) is 0 Å². The summed E-state index contributed by atoms with van der Waals surface area (Å²) in [5.74, 6) is 0. The van der Waals surface area contributed by atoms with Crippen molar-refractivity contribution < 1.29 is 4.42 Å². The molecule has 0 saturated carbocycles. The van der Waals surface area contributed by atoms with Gasteiger partial charge >= 0.3 is 5.63 Å². The highest BCUT2D eigenvalue weighted by molar-refractivity contribution is 6.00. The van der Waals surface area contributed by atoms with Crippen molar-refractivity contribution in [1.29, 1.82) is 0 Å². The first-order chi connectivity index (χ1) is 8.08. The van der Waals surface area contributed by atoms with Crippen LogP contribution in [0.15, 0.2) is 44.6 Å². The molecule has 2 aromatic rings. The highest BCUT2D eigenvalue weighted by Crippen LogP contribution is 2.13. The standard InChI is InChI=1S/C13H14N2O2/c1-9(14-15(2)3)11-8-10-6-4-5-7-12(10)17-13(11)16/h4-8H,1-3H3. The van der Waals surface area contributed by atoms with Gasteiger partial charge in [-0.1, -0.05) is 18.2 Å². The van der Waals surface area contributed by atoms with Gasteiger partial charge in [-0.15, -0.1) is 0 Å². The van der Waals surface area contributed by atoms with Crippen LogP contribution in [0.4, 0.5) is 0 Å². The number of benzene rings is 1. The molecule has 17 heavy (non-hydrogen) atoms. The van der Waals surface area contributed by atoms with E-state index in [1.165, 1.54) is 0 Å². The zero-order valence-corrected chi connectivity index (χ0v) is 10.1. The third kappa shape index (κ3) is 2.36. The molecule has 0 unspecified atom stereocenters. The lowest BCUT2D eigenvalue weighted by molar-refractivity contribution is 0.437. The van der Waals surface area contributed by atoms with E-state index < -0.39 is 0 Å². The van der Waals surface area contributed by atoms with Gasteiger partial charge in [0.15, 0.2) is 0 Å². The predicted molar refractivity (Wildman–Crippen MR) is 68.4 cm³/mol. The summed E-state index contributed by atoms with van der Waals surface area (Å²) in [4.78, 5) is 11.8. The van der Waals surface area contributed by atoms with Gasteiger partial charge in [0.25, 0.3) is 0 Å². The van der Waals surface area contributed by atoms with Gasteiger partial charge in [-0.2, -0.15) is 5.10 Å². The summed E-state index contributed by atoms with van der Waals surface area (Å²) in [5, 5.41) is 6.76. The number of nitrogens with zero attached hydrogens (tertiary/aromatic N) is 2. The molecule has 0 aliphatic carbocycles. The minimum atomic E-state index is -0.355. The van der Waals surface area contributed by atoms with Crippen LogP contribution in [0, 0.1) is 0 Å². The Balaban J connectivity index is 2.63. The van der Waals surface area contributed by atoms with Gasteiger partial charge in [0.2, 0.25) is 0 Å². The molecule has 0 saturated heterocycles. The van der Waals surface area contributed by atoms with E-state index in [2.05, 4.69) is 5.10 Å². The lowest BCUT2D eigenvalue weighted by atomic mass is 10.1. The lowest BCUT2D eigenvalue weighted by Crippen LogP contribution is -2.15. The van der Waals surface area contributed by atoms with E-state index in [-0.39, 0.29) is 5.63 Å². The van der Waals surface area contributed by atoms with Crippen LogP contribution in [0.25, 0.3) is 11.0 Å². The first kappa shape index (κ1) is 11.4. The lowest BCUT2D eigenvalue weighted by Gasteiger charge is -2.07. The molecule has 0 amide bonds. The molecule has 0 bridgehead atoms. The SMILES string of the molecule is CC(=NN(C)C)c1cc2ccccc2oc1=O. The largest absolute Gasteiger partial charge is 0.422 e. The van der Waals surface area contributed by atoms with E-state index in [1.807, 2.05) is 38.4 Å². The molecular weight excluding hydrogens is 216 g/mol. The van der Waals surface area contributed by atoms with Crippen molar-refractivity contribution >= 4 is 16.7 Å². The average molecular weight is 230 g/mol. The number of hydrogen-bond donors (Lipinski definition) is 0. The van der Waals surface area contributed by atoms with Crippen LogP contribution in [0.3, 0.4) is 0 Å². The van der Waals surface area contributed by atoms with E-state index in [9.17, 15) is 4.79 Å². The van der Waals surface area contributed by atoms with Gasteiger partial charge in [-0.25, -0.2) is 4.79 Å². The molecule has 1 aromatic carbocycles. The van der Waals surface area contributed by atoms with Crippen molar-refractivity contribution in [3.63, 3.8) is 0 Å². The third-order valence-electron chi connectivity index (χ3n) is 2.38. The fourth-order valence-electron chi connectivity index (χ4n) is 1.67. The highest BCUT2D eigenvalue weighted by atomic mass is 16.4. The summed E-state index contributed by atoms with van der Waals surface area (Å²) in [6.07, 6.45) is 0. The molecule has 0 radical (unpaired) electrons. The number of hydrazone groups is 1.